The molecule has 0 saturated heterocycles. The highest BCUT2D eigenvalue weighted by molar-refractivity contribution is 5.46. The predicted molar refractivity (Wildman–Crippen MR) is 72.8 cm³/mol. The molecule has 2 aliphatic rings. The first-order valence-electron chi connectivity index (χ1n) is 7.11. The Labute approximate surface area is 109 Å². The second kappa shape index (κ2) is 5.22. The molecule has 3 rings (SSSR count). The van der Waals surface area contributed by atoms with Gasteiger partial charge >= 0.3 is 0 Å². The molecule has 0 radical (unpaired) electrons. The molecule has 2 aliphatic carbocycles. The van der Waals surface area contributed by atoms with E-state index in [9.17, 15) is 0 Å². The third-order valence-corrected chi connectivity index (χ3v) is 4.05. The summed E-state index contributed by atoms with van der Waals surface area (Å²) >= 11 is 0. The second-order valence-corrected chi connectivity index (χ2v) is 5.49. The van der Waals surface area contributed by atoms with Gasteiger partial charge in [0.15, 0.2) is 0 Å². The van der Waals surface area contributed by atoms with Gasteiger partial charge in [-0.15, -0.1) is 0 Å². The zero-order valence-corrected chi connectivity index (χ0v) is 11.2. The van der Waals surface area contributed by atoms with Crippen LogP contribution in [0.25, 0.3) is 0 Å². The van der Waals surface area contributed by atoms with Crippen molar-refractivity contribution in [3.63, 3.8) is 0 Å². The number of hydrogen-bond donors (Lipinski definition) is 1. The molecule has 4 nitrogen and oxygen atoms in total. The molecule has 1 heterocycles. The van der Waals surface area contributed by atoms with Gasteiger partial charge < -0.3 is 10.2 Å². The zero-order valence-electron chi connectivity index (χ0n) is 11.2. The number of fused-ring (bicyclic) bond motifs is 1. The Hall–Kier alpha value is -1.16. The van der Waals surface area contributed by atoms with Crippen LogP contribution in [-0.2, 0) is 12.8 Å². The summed E-state index contributed by atoms with van der Waals surface area (Å²) in [5.41, 5.74) is 2.62. The minimum atomic E-state index is 0.839. The Morgan fingerprint density at radius 2 is 2.11 bits per heavy atom. The summed E-state index contributed by atoms with van der Waals surface area (Å²) in [5.74, 6) is 1.07. The van der Waals surface area contributed by atoms with E-state index in [-0.39, 0.29) is 0 Å². The van der Waals surface area contributed by atoms with E-state index in [1.807, 2.05) is 0 Å². The van der Waals surface area contributed by atoms with Crippen LogP contribution in [0.2, 0.25) is 0 Å². The van der Waals surface area contributed by atoms with Crippen molar-refractivity contribution in [2.45, 2.75) is 44.6 Å². The molecule has 0 bridgehead atoms. The molecular formula is C14H22N4. The first-order chi connectivity index (χ1) is 8.84. The van der Waals surface area contributed by atoms with Gasteiger partial charge in [-0.2, -0.15) is 0 Å². The highest BCUT2D eigenvalue weighted by atomic mass is 15.2. The van der Waals surface area contributed by atoms with Crippen LogP contribution in [0.3, 0.4) is 0 Å². The lowest BCUT2D eigenvalue weighted by Crippen LogP contribution is -2.27. The van der Waals surface area contributed by atoms with E-state index >= 15 is 0 Å². The fourth-order valence-corrected chi connectivity index (χ4v) is 2.72. The van der Waals surface area contributed by atoms with E-state index < -0.39 is 0 Å². The molecule has 0 aliphatic heterocycles. The van der Waals surface area contributed by atoms with Gasteiger partial charge in [-0.1, -0.05) is 0 Å². The van der Waals surface area contributed by atoms with E-state index in [0.717, 1.165) is 37.8 Å². The quantitative estimate of drug-likeness (QED) is 0.861. The van der Waals surface area contributed by atoms with Gasteiger partial charge in [0.2, 0.25) is 0 Å². The molecule has 4 heteroatoms. The Bertz CT molecular complexity index is 414. The fourth-order valence-electron chi connectivity index (χ4n) is 2.72. The fraction of sp³-hybridized carbons (Fsp3) is 0.714. The van der Waals surface area contributed by atoms with Crippen LogP contribution >= 0.6 is 0 Å². The van der Waals surface area contributed by atoms with Gasteiger partial charge in [-0.05, 0) is 45.6 Å². The van der Waals surface area contributed by atoms with Crippen molar-refractivity contribution in [3.05, 3.63) is 17.6 Å². The maximum Gasteiger partial charge on any atom is 0.132 e. The van der Waals surface area contributed by atoms with E-state index in [4.69, 9.17) is 0 Å². The van der Waals surface area contributed by atoms with Crippen molar-refractivity contribution < 1.29 is 0 Å². The zero-order chi connectivity index (χ0) is 12.4. The van der Waals surface area contributed by atoms with Gasteiger partial charge in [0.05, 0.1) is 0 Å². The van der Waals surface area contributed by atoms with Gasteiger partial charge in [0, 0.05) is 30.4 Å². The third kappa shape index (κ3) is 2.64. The molecule has 18 heavy (non-hydrogen) atoms. The summed E-state index contributed by atoms with van der Waals surface area (Å²) in [7, 11) is 2.22. The van der Waals surface area contributed by atoms with Crippen LogP contribution in [0.15, 0.2) is 6.33 Å². The Morgan fingerprint density at radius 3 is 2.94 bits per heavy atom. The molecule has 1 saturated carbocycles. The molecule has 0 unspecified atom stereocenters. The van der Waals surface area contributed by atoms with E-state index in [1.165, 1.54) is 36.9 Å². The smallest absolute Gasteiger partial charge is 0.132 e. The summed E-state index contributed by atoms with van der Waals surface area (Å²) in [5, 5.41) is 3.49. The summed E-state index contributed by atoms with van der Waals surface area (Å²) in [4.78, 5) is 11.3. The minimum absolute atomic E-state index is 0.839. The Morgan fingerprint density at radius 1 is 1.28 bits per heavy atom. The van der Waals surface area contributed by atoms with Crippen LogP contribution in [0, 0.1) is 0 Å². The third-order valence-electron chi connectivity index (χ3n) is 4.05. The van der Waals surface area contributed by atoms with Gasteiger partial charge in [0.25, 0.3) is 0 Å². The summed E-state index contributed by atoms with van der Waals surface area (Å²) in [6, 6.07) is 0.839. The monoisotopic (exact) mass is 246 g/mol. The van der Waals surface area contributed by atoms with Crippen molar-refractivity contribution in [2.24, 2.45) is 0 Å². The number of aryl methyl sites for hydroxylation is 1. The van der Waals surface area contributed by atoms with Crippen LogP contribution in [0.4, 0.5) is 5.82 Å². The lowest BCUT2D eigenvalue weighted by Gasteiger charge is -2.20. The number of likely N-dealkylation sites (N-methyl/N-ethyl adjacent to an activating group) is 1. The lowest BCUT2D eigenvalue weighted by atomic mass is 9.96. The molecule has 1 aromatic rings. The number of rotatable bonds is 5. The molecule has 0 aromatic carbocycles. The maximum absolute atomic E-state index is 4.41. The van der Waals surface area contributed by atoms with E-state index in [1.54, 1.807) is 6.33 Å². The Balaban J connectivity index is 1.58. The average molecular weight is 246 g/mol. The molecular weight excluding hydrogens is 224 g/mol. The number of nitrogens with zero attached hydrogens (tertiary/aromatic N) is 3. The molecule has 0 atom stereocenters. The first-order valence-corrected chi connectivity index (χ1v) is 7.11. The van der Waals surface area contributed by atoms with Crippen LogP contribution in [-0.4, -0.2) is 41.0 Å². The molecule has 98 valence electrons. The molecule has 0 amide bonds. The second-order valence-electron chi connectivity index (χ2n) is 5.49. The van der Waals surface area contributed by atoms with Crippen LogP contribution in [0.5, 0.6) is 0 Å². The highest BCUT2D eigenvalue weighted by Crippen LogP contribution is 2.26. The summed E-state index contributed by atoms with van der Waals surface area (Å²) in [6.07, 6.45) is 9.26. The number of hydrogen-bond acceptors (Lipinski definition) is 4. The molecule has 1 aromatic heterocycles. The standard InChI is InChI=1S/C14H22N4/c1-18(11-6-7-11)9-8-15-14-12-4-2-3-5-13(12)16-10-17-14/h10-11H,2-9H2,1H3,(H,15,16,17). The van der Waals surface area contributed by atoms with Crippen molar-refractivity contribution in [1.29, 1.82) is 0 Å². The van der Waals surface area contributed by atoms with Crippen molar-refractivity contribution >= 4 is 5.82 Å². The molecule has 0 spiro atoms. The number of anilines is 1. The van der Waals surface area contributed by atoms with Gasteiger partial charge in [-0.25, -0.2) is 9.97 Å². The van der Waals surface area contributed by atoms with Crippen molar-refractivity contribution in [1.82, 2.24) is 14.9 Å². The highest BCUT2D eigenvalue weighted by Gasteiger charge is 2.25. The average Bonchev–Trinajstić information content (AvgIpc) is 3.23. The first kappa shape index (κ1) is 11.9. The topological polar surface area (TPSA) is 41.0 Å². The molecule has 1 N–H and O–H groups in total. The SMILES string of the molecule is CN(CCNc1ncnc2c1CCCC2)C1CC1. The number of nitrogens with one attached hydrogen (secondary N) is 1. The summed E-state index contributed by atoms with van der Waals surface area (Å²) < 4.78 is 0. The largest absolute Gasteiger partial charge is 0.368 e. The normalized spacial score (nSPS) is 18.8. The van der Waals surface area contributed by atoms with Crippen LogP contribution < -0.4 is 5.32 Å². The van der Waals surface area contributed by atoms with Gasteiger partial charge in [-0.3, -0.25) is 0 Å². The van der Waals surface area contributed by atoms with Crippen molar-refractivity contribution in [2.75, 3.05) is 25.5 Å². The van der Waals surface area contributed by atoms with E-state index in [0.29, 0.717) is 0 Å². The van der Waals surface area contributed by atoms with E-state index in [2.05, 4.69) is 27.2 Å². The molecule has 1 fully saturated rings. The maximum atomic E-state index is 4.41. The minimum Gasteiger partial charge on any atom is -0.368 e. The lowest BCUT2D eigenvalue weighted by molar-refractivity contribution is 0.337. The van der Waals surface area contributed by atoms with Gasteiger partial charge in [0.1, 0.15) is 12.1 Å². The van der Waals surface area contributed by atoms with Crippen molar-refractivity contribution in [3.8, 4) is 0 Å². The summed E-state index contributed by atoms with van der Waals surface area (Å²) in [6.45, 7) is 2.08. The number of aromatic nitrogens is 2. The predicted octanol–water partition coefficient (Wildman–Crippen LogP) is 1.86. The van der Waals surface area contributed by atoms with Crippen LogP contribution in [0.1, 0.15) is 36.9 Å². The Kier molecular flexibility index (Phi) is 3.46.